The fourth-order valence-corrected chi connectivity index (χ4v) is 2.86. The minimum absolute atomic E-state index is 0.167. The molecule has 0 aromatic heterocycles. The summed E-state index contributed by atoms with van der Waals surface area (Å²) in [5, 5.41) is 2.73. The zero-order valence-corrected chi connectivity index (χ0v) is 17.1. The second-order valence-corrected chi connectivity index (χ2v) is 6.37. The average molecular weight is 417 g/mol. The van der Waals surface area contributed by atoms with E-state index in [1.807, 2.05) is 6.07 Å². The van der Waals surface area contributed by atoms with Gasteiger partial charge in [-0.25, -0.2) is 4.79 Å². The monoisotopic (exact) mass is 417 g/mol. The molecule has 0 radical (unpaired) electrons. The van der Waals surface area contributed by atoms with E-state index in [1.165, 1.54) is 40.4 Å². The maximum Gasteiger partial charge on any atom is 0.339 e. The number of fused-ring (bicyclic) bond motifs is 1. The zero-order chi connectivity index (χ0) is 21.7. The van der Waals surface area contributed by atoms with Crippen LogP contribution in [0.2, 0.25) is 0 Å². The predicted octanol–water partition coefficient (Wildman–Crippen LogP) is 2.30. The zero-order valence-electron chi connectivity index (χ0n) is 17.1. The van der Waals surface area contributed by atoms with Gasteiger partial charge in [0.1, 0.15) is 0 Å². The Morgan fingerprint density at radius 2 is 1.67 bits per heavy atom. The van der Waals surface area contributed by atoms with E-state index in [1.54, 1.807) is 12.1 Å². The van der Waals surface area contributed by atoms with Gasteiger partial charge in [-0.1, -0.05) is 6.07 Å². The van der Waals surface area contributed by atoms with Crippen molar-refractivity contribution in [2.45, 2.75) is 19.6 Å². The molecule has 30 heavy (non-hydrogen) atoms. The van der Waals surface area contributed by atoms with Gasteiger partial charge >= 0.3 is 5.97 Å². The summed E-state index contributed by atoms with van der Waals surface area (Å²) in [6.45, 7) is 1.92. The van der Waals surface area contributed by atoms with E-state index in [4.69, 9.17) is 28.4 Å². The van der Waals surface area contributed by atoms with Crippen LogP contribution in [0, 0.1) is 0 Å². The fraction of sp³-hybridized carbons (Fsp3) is 0.333. The van der Waals surface area contributed by atoms with Crippen LogP contribution in [0.4, 0.5) is 0 Å². The number of hydrogen-bond donors (Lipinski definition) is 1. The minimum Gasteiger partial charge on any atom is -0.493 e. The lowest BCUT2D eigenvalue weighted by Crippen LogP contribution is -2.35. The molecule has 0 saturated carbocycles. The first-order chi connectivity index (χ1) is 14.5. The van der Waals surface area contributed by atoms with Crippen molar-refractivity contribution < 1.29 is 38.0 Å². The van der Waals surface area contributed by atoms with Gasteiger partial charge in [0.25, 0.3) is 5.91 Å². The molecule has 3 rings (SSSR count). The van der Waals surface area contributed by atoms with E-state index < -0.39 is 18.0 Å². The largest absolute Gasteiger partial charge is 0.493 e. The summed E-state index contributed by atoms with van der Waals surface area (Å²) in [5.41, 5.74) is 0.996. The van der Waals surface area contributed by atoms with E-state index in [0.29, 0.717) is 28.7 Å². The van der Waals surface area contributed by atoms with Crippen molar-refractivity contribution in [3.8, 4) is 28.7 Å². The van der Waals surface area contributed by atoms with Gasteiger partial charge < -0.3 is 33.7 Å². The molecule has 0 spiro atoms. The quantitative estimate of drug-likeness (QED) is 0.653. The van der Waals surface area contributed by atoms with Crippen LogP contribution in [0.1, 0.15) is 22.8 Å². The van der Waals surface area contributed by atoms with Gasteiger partial charge in [-0.2, -0.15) is 0 Å². The van der Waals surface area contributed by atoms with Crippen LogP contribution in [0.3, 0.4) is 0 Å². The van der Waals surface area contributed by atoms with Gasteiger partial charge in [-0.15, -0.1) is 0 Å². The molecular weight excluding hydrogens is 394 g/mol. The Bertz CT molecular complexity index is 918. The summed E-state index contributed by atoms with van der Waals surface area (Å²) in [6.07, 6.45) is -1.01. The number of amides is 1. The smallest absolute Gasteiger partial charge is 0.339 e. The number of hydrogen-bond acceptors (Lipinski definition) is 8. The Balaban J connectivity index is 1.61. The molecule has 0 bridgehead atoms. The first-order valence-electron chi connectivity index (χ1n) is 9.14. The molecule has 1 N–H and O–H groups in total. The molecule has 1 aliphatic rings. The Kier molecular flexibility index (Phi) is 6.51. The fourth-order valence-electron chi connectivity index (χ4n) is 2.86. The third kappa shape index (κ3) is 4.51. The summed E-state index contributed by atoms with van der Waals surface area (Å²) in [7, 11) is 4.35. The number of carbonyl (C=O) groups excluding carboxylic acids is 2. The number of rotatable bonds is 8. The Morgan fingerprint density at radius 3 is 2.30 bits per heavy atom. The molecule has 1 unspecified atom stereocenters. The van der Waals surface area contributed by atoms with Crippen molar-refractivity contribution in [2.24, 2.45) is 0 Å². The van der Waals surface area contributed by atoms with Crippen LogP contribution in [0.25, 0.3) is 0 Å². The van der Waals surface area contributed by atoms with Crippen LogP contribution >= 0.6 is 0 Å². The maximum atomic E-state index is 12.5. The number of ether oxygens (including phenoxy) is 6. The van der Waals surface area contributed by atoms with Crippen LogP contribution in [-0.4, -0.2) is 46.1 Å². The Hall–Kier alpha value is -3.62. The molecule has 2 aromatic carbocycles. The highest BCUT2D eigenvalue weighted by molar-refractivity contribution is 5.93. The first-order valence-corrected chi connectivity index (χ1v) is 9.14. The van der Waals surface area contributed by atoms with Gasteiger partial charge in [-0.3, -0.25) is 4.79 Å². The second kappa shape index (κ2) is 9.25. The van der Waals surface area contributed by atoms with Gasteiger partial charge in [0, 0.05) is 6.54 Å². The number of carbonyl (C=O) groups is 2. The van der Waals surface area contributed by atoms with E-state index >= 15 is 0 Å². The lowest BCUT2D eigenvalue weighted by molar-refractivity contribution is -0.129. The number of nitrogens with one attached hydrogen (secondary N) is 1. The van der Waals surface area contributed by atoms with Crippen molar-refractivity contribution in [3.05, 3.63) is 41.5 Å². The normalized spacial score (nSPS) is 12.7. The van der Waals surface area contributed by atoms with Crippen LogP contribution in [-0.2, 0) is 16.1 Å². The number of methoxy groups -OCH3 is 3. The molecular formula is C21H23NO8. The van der Waals surface area contributed by atoms with Crippen molar-refractivity contribution in [3.63, 3.8) is 0 Å². The lowest BCUT2D eigenvalue weighted by Gasteiger charge is -2.16. The molecule has 9 heteroatoms. The first kappa shape index (κ1) is 21.1. The third-order valence-corrected chi connectivity index (χ3v) is 4.46. The molecule has 1 atom stereocenters. The standard InChI is InChI=1S/C21H23NO8/c1-12(20(23)22-10-13-5-6-15-16(7-13)29-11-28-15)30-21(24)14-8-17(25-2)19(27-4)18(9-14)26-3/h5-9,12H,10-11H2,1-4H3,(H,22,23). The van der Waals surface area contributed by atoms with Crippen molar-refractivity contribution in [1.82, 2.24) is 5.32 Å². The molecule has 0 aliphatic carbocycles. The average Bonchev–Trinajstić information content (AvgIpc) is 3.23. The summed E-state index contributed by atoms with van der Waals surface area (Å²) >= 11 is 0. The third-order valence-electron chi connectivity index (χ3n) is 4.46. The van der Waals surface area contributed by atoms with Crippen molar-refractivity contribution in [1.29, 1.82) is 0 Å². The minimum atomic E-state index is -1.01. The SMILES string of the molecule is COc1cc(C(=O)OC(C)C(=O)NCc2ccc3c(c2)OCO3)cc(OC)c1OC. The summed E-state index contributed by atoms with van der Waals surface area (Å²) in [4.78, 5) is 24.9. The van der Waals surface area contributed by atoms with Gasteiger partial charge in [0.05, 0.1) is 26.9 Å². The maximum absolute atomic E-state index is 12.5. The molecule has 0 saturated heterocycles. The second-order valence-electron chi connectivity index (χ2n) is 6.37. The van der Waals surface area contributed by atoms with Crippen LogP contribution < -0.4 is 29.0 Å². The number of benzene rings is 2. The molecule has 2 aromatic rings. The lowest BCUT2D eigenvalue weighted by atomic mass is 10.1. The van der Waals surface area contributed by atoms with Gasteiger partial charge in [0.2, 0.25) is 12.5 Å². The summed E-state index contributed by atoms with van der Waals surface area (Å²) < 4.78 is 31.6. The van der Waals surface area contributed by atoms with Crippen LogP contribution in [0.15, 0.2) is 30.3 Å². The van der Waals surface area contributed by atoms with Crippen molar-refractivity contribution >= 4 is 11.9 Å². The topological polar surface area (TPSA) is 102 Å². The van der Waals surface area contributed by atoms with E-state index in [-0.39, 0.29) is 18.9 Å². The van der Waals surface area contributed by atoms with E-state index in [2.05, 4.69) is 5.32 Å². The van der Waals surface area contributed by atoms with Crippen LogP contribution in [0.5, 0.6) is 28.7 Å². The molecule has 1 amide bonds. The summed E-state index contributed by atoms with van der Waals surface area (Å²) in [6, 6.07) is 8.30. The van der Waals surface area contributed by atoms with E-state index in [9.17, 15) is 9.59 Å². The Labute approximate surface area is 173 Å². The predicted molar refractivity (Wildman–Crippen MR) is 105 cm³/mol. The molecule has 9 nitrogen and oxygen atoms in total. The number of esters is 1. The highest BCUT2D eigenvalue weighted by Gasteiger charge is 2.22. The summed E-state index contributed by atoms with van der Waals surface area (Å²) in [5.74, 6) is 1.13. The van der Waals surface area contributed by atoms with Gasteiger partial charge in [-0.05, 0) is 36.8 Å². The molecule has 1 aliphatic heterocycles. The molecule has 0 fully saturated rings. The molecule has 1 heterocycles. The van der Waals surface area contributed by atoms with Gasteiger partial charge in [0.15, 0.2) is 29.1 Å². The Morgan fingerprint density at radius 1 is 1.00 bits per heavy atom. The van der Waals surface area contributed by atoms with Crippen molar-refractivity contribution in [2.75, 3.05) is 28.1 Å². The highest BCUT2D eigenvalue weighted by Crippen LogP contribution is 2.38. The molecule has 160 valence electrons. The highest BCUT2D eigenvalue weighted by atomic mass is 16.7. The van der Waals surface area contributed by atoms with E-state index in [0.717, 1.165) is 5.56 Å².